The first kappa shape index (κ1) is 11.4. The second-order valence-corrected chi connectivity index (χ2v) is 5.87. The van der Waals surface area contributed by atoms with Crippen LogP contribution in [0.3, 0.4) is 0 Å². The molecule has 0 radical (unpaired) electrons. The first-order valence-corrected chi connectivity index (χ1v) is 6.38. The number of halogens is 1. The van der Waals surface area contributed by atoms with Gasteiger partial charge in [-0.25, -0.2) is 4.98 Å². The third kappa shape index (κ3) is 2.18. The molecule has 1 aromatic carbocycles. The Morgan fingerprint density at radius 1 is 1.50 bits per heavy atom. The van der Waals surface area contributed by atoms with Gasteiger partial charge < -0.3 is 4.74 Å². The van der Waals surface area contributed by atoms with Gasteiger partial charge in [-0.05, 0) is 35.8 Å². The van der Waals surface area contributed by atoms with Crippen LogP contribution in [0, 0.1) is 11.3 Å². The summed E-state index contributed by atoms with van der Waals surface area (Å²) in [6, 6.07) is 5.68. The lowest BCUT2D eigenvalue weighted by molar-refractivity contribution is 0.245. The fraction of sp³-hybridized carbons (Fsp3) is 0.273. The molecule has 0 aliphatic heterocycles. The Hall–Kier alpha value is -1.12. The van der Waals surface area contributed by atoms with Crippen LogP contribution in [-0.2, 0) is 0 Å². The maximum atomic E-state index is 8.93. The molecule has 0 saturated carbocycles. The van der Waals surface area contributed by atoms with Crippen molar-refractivity contribution in [1.29, 1.82) is 5.26 Å². The molecule has 0 fully saturated rings. The van der Waals surface area contributed by atoms with Crippen molar-refractivity contribution in [1.82, 2.24) is 4.98 Å². The zero-order valence-electron chi connectivity index (χ0n) is 8.82. The van der Waals surface area contributed by atoms with Crippen LogP contribution in [0.15, 0.2) is 16.0 Å². The minimum absolute atomic E-state index is 0.0672. The highest BCUT2D eigenvalue weighted by Gasteiger charge is 2.11. The highest BCUT2D eigenvalue weighted by molar-refractivity contribution is 9.11. The van der Waals surface area contributed by atoms with Crippen LogP contribution in [0.5, 0.6) is 5.75 Å². The summed E-state index contributed by atoms with van der Waals surface area (Å²) < 4.78 is 7.41. The van der Waals surface area contributed by atoms with E-state index in [9.17, 15) is 0 Å². The van der Waals surface area contributed by atoms with Gasteiger partial charge in [0.05, 0.1) is 22.4 Å². The highest BCUT2D eigenvalue weighted by atomic mass is 79.9. The number of benzene rings is 1. The molecule has 3 nitrogen and oxygen atoms in total. The lowest BCUT2D eigenvalue weighted by Gasteiger charge is -2.10. The number of ether oxygens (including phenoxy) is 1. The molecule has 0 N–H and O–H groups in total. The monoisotopic (exact) mass is 296 g/mol. The van der Waals surface area contributed by atoms with E-state index in [1.807, 2.05) is 19.9 Å². The van der Waals surface area contributed by atoms with Crippen LogP contribution < -0.4 is 4.74 Å². The molecule has 1 heterocycles. The zero-order chi connectivity index (χ0) is 11.7. The van der Waals surface area contributed by atoms with Gasteiger partial charge in [-0.2, -0.15) is 5.26 Å². The third-order valence-electron chi connectivity index (χ3n) is 1.93. The van der Waals surface area contributed by atoms with Crippen molar-refractivity contribution in [3.63, 3.8) is 0 Å². The van der Waals surface area contributed by atoms with Crippen LogP contribution >= 0.6 is 27.3 Å². The van der Waals surface area contributed by atoms with E-state index in [-0.39, 0.29) is 6.10 Å². The molecule has 0 atom stereocenters. The number of hydrogen-bond donors (Lipinski definition) is 0. The minimum atomic E-state index is 0.0672. The number of rotatable bonds is 2. The van der Waals surface area contributed by atoms with E-state index < -0.39 is 0 Å². The average molecular weight is 297 g/mol. The van der Waals surface area contributed by atoms with Gasteiger partial charge in [-0.1, -0.05) is 0 Å². The molecule has 0 bridgehead atoms. The summed E-state index contributed by atoms with van der Waals surface area (Å²) >= 11 is 4.84. The quantitative estimate of drug-likeness (QED) is 0.848. The Kier molecular flexibility index (Phi) is 3.13. The molecule has 0 aliphatic carbocycles. The molecule has 0 unspecified atom stereocenters. The van der Waals surface area contributed by atoms with Crippen molar-refractivity contribution < 1.29 is 4.74 Å². The Morgan fingerprint density at radius 3 is 2.88 bits per heavy atom. The van der Waals surface area contributed by atoms with Gasteiger partial charge in [0.25, 0.3) is 0 Å². The summed E-state index contributed by atoms with van der Waals surface area (Å²) in [6.45, 7) is 3.90. The van der Waals surface area contributed by atoms with Crippen molar-refractivity contribution in [2.45, 2.75) is 20.0 Å². The van der Waals surface area contributed by atoms with Crippen molar-refractivity contribution in [3.8, 4) is 11.8 Å². The summed E-state index contributed by atoms with van der Waals surface area (Å²) in [5.41, 5.74) is 1.41. The third-order valence-corrected chi connectivity index (χ3v) is 3.38. The standard InChI is InChI=1S/C11H9BrN2OS/c1-6(2)15-8-3-7(5-13)4-9-10(8)14-11(12)16-9/h3-4,6H,1-2H3. The van der Waals surface area contributed by atoms with E-state index in [2.05, 4.69) is 27.0 Å². The van der Waals surface area contributed by atoms with Gasteiger partial charge in [0.2, 0.25) is 0 Å². The lowest BCUT2D eigenvalue weighted by atomic mass is 10.2. The first-order valence-electron chi connectivity index (χ1n) is 4.77. The molecule has 2 rings (SSSR count). The summed E-state index contributed by atoms with van der Waals surface area (Å²) in [5, 5.41) is 8.93. The molecular weight excluding hydrogens is 288 g/mol. The van der Waals surface area contributed by atoms with E-state index in [4.69, 9.17) is 10.00 Å². The van der Waals surface area contributed by atoms with Crippen LogP contribution in [-0.4, -0.2) is 11.1 Å². The predicted octanol–water partition coefficient (Wildman–Crippen LogP) is 3.72. The highest BCUT2D eigenvalue weighted by Crippen LogP contribution is 2.34. The zero-order valence-corrected chi connectivity index (χ0v) is 11.2. The molecule has 2 aromatic rings. The summed E-state index contributed by atoms with van der Waals surface area (Å²) in [6.07, 6.45) is 0.0672. The van der Waals surface area contributed by atoms with Gasteiger partial charge in [-0.15, -0.1) is 11.3 Å². The van der Waals surface area contributed by atoms with Gasteiger partial charge in [0.1, 0.15) is 11.3 Å². The van der Waals surface area contributed by atoms with Crippen molar-refractivity contribution >= 4 is 37.5 Å². The molecule has 16 heavy (non-hydrogen) atoms. The van der Waals surface area contributed by atoms with Crippen LogP contribution in [0.1, 0.15) is 19.4 Å². The fourth-order valence-electron chi connectivity index (χ4n) is 1.38. The molecule has 0 aliphatic rings. The second kappa shape index (κ2) is 4.40. The number of hydrogen-bond acceptors (Lipinski definition) is 4. The molecule has 0 saturated heterocycles. The van der Waals surface area contributed by atoms with Crippen molar-refractivity contribution in [2.24, 2.45) is 0 Å². The van der Waals surface area contributed by atoms with E-state index in [0.717, 1.165) is 14.1 Å². The predicted molar refractivity (Wildman–Crippen MR) is 67.8 cm³/mol. The smallest absolute Gasteiger partial charge is 0.160 e. The van der Waals surface area contributed by atoms with Crippen molar-refractivity contribution in [2.75, 3.05) is 0 Å². The van der Waals surface area contributed by atoms with E-state index in [1.54, 1.807) is 6.07 Å². The summed E-state index contributed by atoms with van der Waals surface area (Å²) in [7, 11) is 0. The number of aromatic nitrogens is 1. The van der Waals surface area contributed by atoms with Gasteiger partial charge in [0, 0.05) is 6.07 Å². The molecule has 0 spiro atoms. The Balaban J connectivity index is 2.64. The van der Waals surface area contributed by atoms with Gasteiger partial charge in [-0.3, -0.25) is 0 Å². The maximum Gasteiger partial charge on any atom is 0.160 e. The van der Waals surface area contributed by atoms with E-state index in [0.29, 0.717) is 11.3 Å². The Labute approximate surface area is 106 Å². The van der Waals surface area contributed by atoms with E-state index >= 15 is 0 Å². The van der Waals surface area contributed by atoms with Crippen LogP contribution in [0.2, 0.25) is 0 Å². The fourth-order valence-corrected chi connectivity index (χ4v) is 2.83. The lowest BCUT2D eigenvalue weighted by Crippen LogP contribution is -2.06. The molecular formula is C11H9BrN2OS. The Morgan fingerprint density at radius 2 is 2.25 bits per heavy atom. The number of thiazole rings is 1. The second-order valence-electron chi connectivity index (χ2n) is 3.57. The number of fused-ring (bicyclic) bond motifs is 1. The largest absolute Gasteiger partial charge is 0.489 e. The van der Waals surface area contributed by atoms with Gasteiger partial charge in [0.15, 0.2) is 3.92 Å². The molecule has 1 aromatic heterocycles. The maximum absolute atomic E-state index is 8.93. The SMILES string of the molecule is CC(C)Oc1cc(C#N)cc2sc(Br)nc12. The minimum Gasteiger partial charge on any atom is -0.489 e. The van der Waals surface area contributed by atoms with E-state index in [1.165, 1.54) is 11.3 Å². The topological polar surface area (TPSA) is 45.9 Å². The van der Waals surface area contributed by atoms with Crippen molar-refractivity contribution in [3.05, 3.63) is 21.6 Å². The number of nitriles is 1. The summed E-state index contributed by atoms with van der Waals surface area (Å²) in [5.74, 6) is 0.672. The molecule has 5 heteroatoms. The normalized spacial score (nSPS) is 10.7. The first-order chi connectivity index (χ1) is 7.60. The molecule has 0 amide bonds. The van der Waals surface area contributed by atoms with Crippen LogP contribution in [0.25, 0.3) is 10.2 Å². The Bertz CT molecular complexity index is 571. The number of nitrogens with zero attached hydrogens (tertiary/aromatic N) is 2. The van der Waals surface area contributed by atoms with Gasteiger partial charge >= 0.3 is 0 Å². The summed E-state index contributed by atoms with van der Waals surface area (Å²) in [4.78, 5) is 4.34. The molecule has 82 valence electrons. The van der Waals surface area contributed by atoms with Crippen LogP contribution in [0.4, 0.5) is 0 Å². The average Bonchev–Trinajstić information content (AvgIpc) is 2.57.